The molecule has 1 aliphatic rings. The summed E-state index contributed by atoms with van der Waals surface area (Å²) in [6.07, 6.45) is 7.39. The second kappa shape index (κ2) is 9.27. The van der Waals surface area contributed by atoms with Gasteiger partial charge in [-0.15, -0.1) is 24.0 Å². The van der Waals surface area contributed by atoms with Crippen LogP contribution in [0.15, 0.2) is 47.7 Å². The Balaban J connectivity index is 0.00000208. The molecule has 0 saturated carbocycles. The van der Waals surface area contributed by atoms with E-state index in [9.17, 15) is 0 Å². The Morgan fingerprint density at radius 1 is 1.21 bits per heavy atom. The SMILES string of the molecule is I.NC(=NCC(c1ccc(Cl)cc1)n1cccn1)N1CCCCC1. The summed E-state index contributed by atoms with van der Waals surface area (Å²) < 4.78 is 1.91. The number of aliphatic imine (C=N–C) groups is 1. The van der Waals surface area contributed by atoms with E-state index in [1.165, 1.54) is 19.3 Å². The smallest absolute Gasteiger partial charge is 0.191 e. The molecule has 5 nitrogen and oxygen atoms in total. The van der Waals surface area contributed by atoms with Crippen molar-refractivity contribution in [3.63, 3.8) is 0 Å². The summed E-state index contributed by atoms with van der Waals surface area (Å²) >= 11 is 5.99. The van der Waals surface area contributed by atoms with Crippen LogP contribution < -0.4 is 5.73 Å². The molecule has 1 atom stereocenters. The van der Waals surface area contributed by atoms with Crippen molar-refractivity contribution in [1.29, 1.82) is 0 Å². The van der Waals surface area contributed by atoms with Gasteiger partial charge < -0.3 is 10.6 Å². The van der Waals surface area contributed by atoms with E-state index in [0.717, 1.165) is 23.7 Å². The number of aromatic nitrogens is 2. The van der Waals surface area contributed by atoms with Gasteiger partial charge in [-0.25, -0.2) is 0 Å². The van der Waals surface area contributed by atoms with Gasteiger partial charge in [-0.1, -0.05) is 23.7 Å². The van der Waals surface area contributed by atoms with Gasteiger partial charge in [0.05, 0.1) is 12.6 Å². The van der Waals surface area contributed by atoms with Gasteiger partial charge in [0.2, 0.25) is 0 Å². The Morgan fingerprint density at radius 2 is 1.92 bits per heavy atom. The number of guanidine groups is 1. The number of nitrogens with zero attached hydrogens (tertiary/aromatic N) is 4. The van der Waals surface area contributed by atoms with Crippen LogP contribution in [-0.2, 0) is 0 Å². The van der Waals surface area contributed by atoms with Gasteiger partial charge in [-0.3, -0.25) is 9.67 Å². The summed E-state index contributed by atoms with van der Waals surface area (Å²) in [6, 6.07) is 9.75. The second-order valence-corrected chi connectivity index (χ2v) is 6.24. The molecule has 0 spiro atoms. The van der Waals surface area contributed by atoms with E-state index >= 15 is 0 Å². The van der Waals surface area contributed by atoms with Crippen molar-refractivity contribution in [2.24, 2.45) is 10.7 Å². The molecule has 2 N–H and O–H groups in total. The maximum atomic E-state index is 6.18. The zero-order valence-electron chi connectivity index (χ0n) is 13.5. The van der Waals surface area contributed by atoms with Crippen LogP contribution in [0, 0.1) is 0 Å². The van der Waals surface area contributed by atoms with E-state index in [1.54, 1.807) is 6.20 Å². The summed E-state index contributed by atoms with van der Waals surface area (Å²) in [4.78, 5) is 6.80. The fourth-order valence-corrected chi connectivity index (χ4v) is 3.02. The van der Waals surface area contributed by atoms with Crippen LogP contribution >= 0.6 is 35.6 Å². The molecule has 0 radical (unpaired) electrons. The Kier molecular flexibility index (Phi) is 7.36. The van der Waals surface area contributed by atoms with Crippen molar-refractivity contribution in [1.82, 2.24) is 14.7 Å². The number of hydrogen-bond acceptors (Lipinski definition) is 2. The van der Waals surface area contributed by atoms with Crippen molar-refractivity contribution in [2.75, 3.05) is 19.6 Å². The van der Waals surface area contributed by atoms with Gasteiger partial charge in [0, 0.05) is 30.5 Å². The lowest BCUT2D eigenvalue weighted by atomic mass is 10.1. The molecule has 7 heteroatoms. The van der Waals surface area contributed by atoms with Gasteiger partial charge in [-0.2, -0.15) is 5.10 Å². The van der Waals surface area contributed by atoms with Crippen LogP contribution in [0.5, 0.6) is 0 Å². The van der Waals surface area contributed by atoms with E-state index in [2.05, 4.69) is 15.0 Å². The molecule has 2 aromatic rings. The maximum Gasteiger partial charge on any atom is 0.191 e. The largest absolute Gasteiger partial charge is 0.370 e. The van der Waals surface area contributed by atoms with Gasteiger partial charge in [0.1, 0.15) is 0 Å². The lowest BCUT2D eigenvalue weighted by Crippen LogP contribution is -2.41. The highest BCUT2D eigenvalue weighted by Gasteiger charge is 2.16. The first-order valence-corrected chi connectivity index (χ1v) is 8.41. The van der Waals surface area contributed by atoms with E-state index < -0.39 is 0 Å². The molecule has 1 aromatic heterocycles. The van der Waals surface area contributed by atoms with Crippen LogP contribution in [0.25, 0.3) is 0 Å². The maximum absolute atomic E-state index is 6.18. The summed E-state index contributed by atoms with van der Waals surface area (Å²) in [6.45, 7) is 2.57. The van der Waals surface area contributed by atoms with Crippen molar-refractivity contribution in [2.45, 2.75) is 25.3 Å². The minimum absolute atomic E-state index is 0. The van der Waals surface area contributed by atoms with E-state index in [0.29, 0.717) is 12.5 Å². The minimum atomic E-state index is 0. The standard InChI is InChI=1S/C17H22ClN5.HI/c18-15-7-5-14(6-8-15)16(23-12-4-9-21-23)13-20-17(19)22-10-2-1-3-11-22;/h4-9,12,16H,1-3,10-11,13H2,(H2,19,20);1H. The molecule has 130 valence electrons. The monoisotopic (exact) mass is 459 g/mol. The highest BCUT2D eigenvalue weighted by atomic mass is 127. The number of hydrogen-bond donors (Lipinski definition) is 1. The Morgan fingerprint density at radius 3 is 2.54 bits per heavy atom. The Labute approximate surface area is 164 Å². The van der Waals surface area contributed by atoms with Gasteiger partial charge in [-0.05, 0) is 43.0 Å². The highest BCUT2D eigenvalue weighted by Crippen LogP contribution is 2.20. The van der Waals surface area contributed by atoms with Gasteiger partial charge in [0.25, 0.3) is 0 Å². The highest BCUT2D eigenvalue weighted by molar-refractivity contribution is 14.0. The fraction of sp³-hybridized carbons (Fsp3) is 0.412. The summed E-state index contributed by atoms with van der Waals surface area (Å²) in [7, 11) is 0. The number of rotatable bonds is 4. The lowest BCUT2D eigenvalue weighted by Gasteiger charge is -2.28. The lowest BCUT2D eigenvalue weighted by molar-refractivity contribution is 0.337. The Hall–Kier alpha value is -1.28. The van der Waals surface area contributed by atoms with Gasteiger partial charge in [0.15, 0.2) is 5.96 Å². The summed E-state index contributed by atoms with van der Waals surface area (Å²) in [5, 5.41) is 5.09. The minimum Gasteiger partial charge on any atom is -0.370 e. The molecular weight excluding hydrogens is 437 g/mol. The predicted molar refractivity (Wildman–Crippen MR) is 109 cm³/mol. The number of benzene rings is 1. The molecule has 1 aromatic carbocycles. The topological polar surface area (TPSA) is 59.4 Å². The number of piperidine rings is 1. The summed E-state index contributed by atoms with van der Waals surface area (Å²) in [5.41, 5.74) is 7.30. The third kappa shape index (κ3) is 4.86. The number of likely N-dealkylation sites (tertiary alicyclic amines) is 1. The average Bonchev–Trinajstić information content (AvgIpc) is 3.11. The first kappa shape index (κ1) is 19.1. The summed E-state index contributed by atoms with van der Waals surface area (Å²) in [5.74, 6) is 0.635. The molecular formula is C17H23ClIN5. The van der Waals surface area contributed by atoms with Crippen molar-refractivity contribution in [3.05, 3.63) is 53.3 Å². The van der Waals surface area contributed by atoms with Crippen molar-refractivity contribution < 1.29 is 0 Å². The first-order valence-electron chi connectivity index (χ1n) is 8.03. The molecule has 1 aliphatic heterocycles. The molecule has 24 heavy (non-hydrogen) atoms. The van der Waals surface area contributed by atoms with Gasteiger partial charge >= 0.3 is 0 Å². The molecule has 1 saturated heterocycles. The zero-order chi connectivity index (χ0) is 16.1. The average molecular weight is 460 g/mol. The zero-order valence-corrected chi connectivity index (χ0v) is 16.6. The van der Waals surface area contributed by atoms with Crippen LogP contribution in [0.2, 0.25) is 5.02 Å². The van der Waals surface area contributed by atoms with Crippen LogP contribution in [0.4, 0.5) is 0 Å². The molecule has 1 unspecified atom stereocenters. The second-order valence-electron chi connectivity index (χ2n) is 5.80. The third-order valence-electron chi connectivity index (χ3n) is 4.21. The van der Waals surface area contributed by atoms with Crippen molar-refractivity contribution in [3.8, 4) is 0 Å². The van der Waals surface area contributed by atoms with Crippen molar-refractivity contribution >= 4 is 41.5 Å². The Bertz CT molecular complexity index is 636. The van der Waals surface area contributed by atoms with E-state index in [-0.39, 0.29) is 30.0 Å². The van der Waals surface area contributed by atoms with Crippen LogP contribution in [-0.4, -0.2) is 40.3 Å². The predicted octanol–water partition coefficient (Wildman–Crippen LogP) is 3.54. The molecule has 2 heterocycles. The van der Waals surface area contributed by atoms with Crippen LogP contribution in [0.1, 0.15) is 30.9 Å². The number of nitrogens with two attached hydrogens (primary N) is 1. The van der Waals surface area contributed by atoms with Crippen LogP contribution in [0.3, 0.4) is 0 Å². The molecule has 0 amide bonds. The third-order valence-corrected chi connectivity index (χ3v) is 4.46. The number of halogens is 2. The quantitative estimate of drug-likeness (QED) is 0.432. The molecule has 3 rings (SSSR count). The molecule has 1 fully saturated rings. The molecule has 0 bridgehead atoms. The van der Waals surface area contributed by atoms with E-state index in [4.69, 9.17) is 17.3 Å². The van der Waals surface area contributed by atoms with E-state index in [1.807, 2.05) is 41.2 Å². The molecule has 0 aliphatic carbocycles. The fourth-order valence-electron chi connectivity index (χ4n) is 2.89. The normalized spacial score (nSPS) is 16.5. The first-order chi connectivity index (χ1) is 11.2.